The minimum atomic E-state index is -0.644. The summed E-state index contributed by atoms with van der Waals surface area (Å²) in [7, 11) is 0. The molecule has 0 fully saturated rings. The highest BCUT2D eigenvalue weighted by molar-refractivity contribution is 14.0. The molecule has 1 unspecified atom stereocenters. The number of guanidine groups is 1. The molecule has 1 aromatic carbocycles. The Balaban J connectivity index is 0.00000280. The molecule has 8 heteroatoms. The van der Waals surface area contributed by atoms with Crippen molar-refractivity contribution in [3.8, 4) is 0 Å². The lowest BCUT2D eigenvalue weighted by atomic mass is 10.1. The maximum atomic E-state index is 10.3. The lowest BCUT2D eigenvalue weighted by molar-refractivity contribution is 0.191. The first-order valence-corrected chi connectivity index (χ1v) is 10.3. The Bertz CT molecular complexity index is 924. The molecule has 2 aromatic heterocycles. The van der Waals surface area contributed by atoms with E-state index in [1.165, 1.54) is 33.4 Å². The molecule has 2 heterocycles. The van der Waals surface area contributed by atoms with Crippen LogP contribution in [0.25, 0.3) is 10.9 Å². The highest BCUT2D eigenvalue weighted by atomic mass is 127. The van der Waals surface area contributed by atoms with E-state index in [1.807, 2.05) is 13.0 Å². The van der Waals surface area contributed by atoms with E-state index in [4.69, 9.17) is 11.6 Å². The fourth-order valence-electron chi connectivity index (χ4n) is 3.08. The smallest absolute Gasteiger partial charge is 0.191 e. The van der Waals surface area contributed by atoms with Gasteiger partial charge in [-0.05, 0) is 49.6 Å². The largest absolute Gasteiger partial charge is 0.386 e. The van der Waals surface area contributed by atoms with E-state index in [9.17, 15) is 5.11 Å². The number of aryl methyl sites for hydroxylation is 1. The molecule has 0 bridgehead atoms. The molecule has 5 nitrogen and oxygen atoms in total. The van der Waals surface area contributed by atoms with Gasteiger partial charge in [0.1, 0.15) is 6.10 Å². The van der Waals surface area contributed by atoms with Gasteiger partial charge in [0, 0.05) is 35.1 Å². The lowest BCUT2D eigenvalue weighted by Crippen LogP contribution is -2.38. The molecule has 28 heavy (non-hydrogen) atoms. The number of H-pyrrole nitrogens is 1. The second kappa shape index (κ2) is 11.0. The Morgan fingerprint density at radius 2 is 2.11 bits per heavy atom. The maximum absolute atomic E-state index is 10.3. The van der Waals surface area contributed by atoms with E-state index < -0.39 is 6.10 Å². The van der Waals surface area contributed by atoms with Crippen molar-refractivity contribution in [3.63, 3.8) is 0 Å². The predicted octanol–water partition coefficient (Wildman–Crippen LogP) is 4.64. The molecule has 0 amide bonds. The Morgan fingerprint density at radius 1 is 1.29 bits per heavy atom. The van der Waals surface area contributed by atoms with Crippen LogP contribution in [-0.4, -0.2) is 35.7 Å². The number of aromatic nitrogens is 1. The van der Waals surface area contributed by atoms with Crippen LogP contribution in [0.2, 0.25) is 4.34 Å². The SMILES string of the molecule is CCNC(=NCC(O)c1ccc(Cl)s1)NCCc1c[nH]c2cccc(C)c12.I. The van der Waals surface area contributed by atoms with Gasteiger partial charge in [-0.2, -0.15) is 0 Å². The Hall–Kier alpha value is -1.29. The van der Waals surface area contributed by atoms with Crippen molar-refractivity contribution in [3.05, 3.63) is 56.9 Å². The maximum Gasteiger partial charge on any atom is 0.191 e. The standard InChI is InChI=1S/C20H25ClN4OS.HI/c1-3-22-20(25-12-16(26)17-7-8-18(21)27-17)23-10-9-14-11-24-15-6-4-5-13(2)19(14)15;/h4-8,11,16,24,26H,3,9-10,12H2,1-2H3,(H2,22,23,25);1H. The number of hydrogen-bond acceptors (Lipinski definition) is 3. The number of nitrogens with zero attached hydrogens (tertiary/aromatic N) is 1. The van der Waals surface area contributed by atoms with Gasteiger partial charge in [0.25, 0.3) is 0 Å². The van der Waals surface area contributed by atoms with E-state index in [2.05, 4.69) is 51.9 Å². The van der Waals surface area contributed by atoms with Crippen molar-refractivity contribution < 1.29 is 5.11 Å². The molecule has 0 aliphatic rings. The normalized spacial score (nSPS) is 12.6. The first kappa shape index (κ1) is 23.0. The molecular weight excluding hydrogens is 507 g/mol. The third-order valence-corrected chi connectivity index (χ3v) is 5.70. The Labute approximate surface area is 191 Å². The van der Waals surface area contributed by atoms with Crippen molar-refractivity contribution in [1.82, 2.24) is 15.6 Å². The lowest BCUT2D eigenvalue weighted by Gasteiger charge is -2.12. The summed E-state index contributed by atoms with van der Waals surface area (Å²) < 4.78 is 0.673. The van der Waals surface area contributed by atoms with Crippen LogP contribution in [0.15, 0.2) is 41.5 Å². The molecule has 0 aliphatic carbocycles. The second-order valence-electron chi connectivity index (χ2n) is 6.37. The number of nitrogens with one attached hydrogen (secondary N) is 3. The number of aliphatic hydroxyl groups excluding tert-OH is 1. The average Bonchev–Trinajstić information content (AvgIpc) is 3.27. The first-order valence-electron chi connectivity index (χ1n) is 9.09. The van der Waals surface area contributed by atoms with Gasteiger partial charge in [-0.3, -0.25) is 4.99 Å². The topological polar surface area (TPSA) is 72.4 Å². The van der Waals surface area contributed by atoms with Crippen molar-refractivity contribution in [2.24, 2.45) is 4.99 Å². The predicted molar refractivity (Wildman–Crippen MR) is 130 cm³/mol. The van der Waals surface area contributed by atoms with Gasteiger partial charge in [-0.25, -0.2) is 0 Å². The number of rotatable bonds is 7. The fourth-order valence-corrected chi connectivity index (χ4v) is 4.12. The van der Waals surface area contributed by atoms with E-state index in [-0.39, 0.29) is 24.0 Å². The summed E-state index contributed by atoms with van der Waals surface area (Å²) >= 11 is 7.31. The van der Waals surface area contributed by atoms with Crippen LogP contribution in [0, 0.1) is 6.92 Å². The van der Waals surface area contributed by atoms with Crippen LogP contribution >= 0.6 is 46.9 Å². The summed E-state index contributed by atoms with van der Waals surface area (Å²) in [4.78, 5) is 8.66. The van der Waals surface area contributed by atoms with Gasteiger partial charge in [-0.1, -0.05) is 23.7 Å². The highest BCUT2D eigenvalue weighted by Gasteiger charge is 2.10. The van der Waals surface area contributed by atoms with Crippen LogP contribution in [0.3, 0.4) is 0 Å². The van der Waals surface area contributed by atoms with Gasteiger partial charge in [-0.15, -0.1) is 35.3 Å². The number of halogens is 2. The van der Waals surface area contributed by atoms with Crippen LogP contribution in [0.4, 0.5) is 0 Å². The third-order valence-electron chi connectivity index (χ3n) is 4.37. The van der Waals surface area contributed by atoms with Crippen LogP contribution < -0.4 is 10.6 Å². The third kappa shape index (κ3) is 5.85. The first-order chi connectivity index (χ1) is 13.1. The Kier molecular flexibility index (Phi) is 9.07. The Morgan fingerprint density at radius 3 is 2.82 bits per heavy atom. The number of hydrogen-bond donors (Lipinski definition) is 4. The molecule has 0 aliphatic heterocycles. The van der Waals surface area contributed by atoms with E-state index in [0.717, 1.165) is 24.4 Å². The monoisotopic (exact) mass is 532 g/mol. The number of aliphatic imine (C=N–C) groups is 1. The summed E-state index contributed by atoms with van der Waals surface area (Å²) in [5.74, 6) is 0.704. The quantitative estimate of drug-likeness (QED) is 0.204. The molecule has 4 N–H and O–H groups in total. The molecule has 152 valence electrons. The summed E-state index contributed by atoms with van der Waals surface area (Å²) in [5.41, 5.74) is 3.74. The van der Waals surface area contributed by atoms with E-state index in [1.54, 1.807) is 6.07 Å². The van der Waals surface area contributed by atoms with Crippen molar-refractivity contribution >= 4 is 63.8 Å². The number of aromatic amines is 1. The summed E-state index contributed by atoms with van der Waals surface area (Å²) in [6, 6.07) is 9.94. The molecule has 3 rings (SSSR count). The van der Waals surface area contributed by atoms with Gasteiger partial charge >= 0.3 is 0 Å². The fraction of sp³-hybridized carbons (Fsp3) is 0.350. The van der Waals surface area contributed by atoms with Gasteiger partial charge < -0.3 is 20.7 Å². The molecule has 1 atom stereocenters. The molecular formula is C20H26ClIN4OS. The number of benzene rings is 1. The number of aliphatic hydroxyl groups is 1. The highest BCUT2D eigenvalue weighted by Crippen LogP contribution is 2.27. The van der Waals surface area contributed by atoms with Crippen molar-refractivity contribution in [2.45, 2.75) is 26.4 Å². The summed E-state index contributed by atoms with van der Waals surface area (Å²) in [5, 5.41) is 18.1. The average molecular weight is 533 g/mol. The molecule has 0 saturated heterocycles. The van der Waals surface area contributed by atoms with Gasteiger partial charge in [0.2, 0.25) is 0 Å². The molecule has 0 radical (unpaired) electrons. The van der Waals surface area contributed by atoms with Crippen molar-refractivity contribution in [2.75, 3.05) is 19.6 Å². The zero-order chi connectivity index (χ0) is 19.2. The van der Waals surface area contributed by atoms with Gasteiger partial charge in [0.15, 0.2) is 5.96 Å². The number of thiophene rings is 1. The van der Waals surface area contributed by atoms with E-state index in [0.29, 0.717) is 16.8 Å². The minimum Gasteiger partial charge on any atom is -0.386 e. The van der Waals surface area contributed by atoms with Gasteiger partial charge in [0.05, 0.1) is 10.9 Å². The minimum absolute atomic E-state index is 0. The molecule has 0 spiro atoms. The van der Waals surface area contributed by atoms with E-state index >= 15 is 0 Å². The van der Waals surface area contributed by atoms with Crippen LogP contribution in [0.1, 0.15) is 29.0 Å². The molecule has 3 aromatic rings. The second-order valence-corrected chi connectivity index (χ2v) is 8.11. The zero-order valence-electron chi connectivity index (χ0n) is 16.0. The summed E-state index contributed by atoms with van der Waals surface area (Å²) in [6.45, 7) is 5.97. The number of fused-ring (bicyclic) bond motifs is 1. The zero-order valence-corrected chi connectivity index (χ0v) is 19.9. The van der Waals surface area contributed by atoms with Crippen LogP contribution in [-0.2, 0) is 6.42 Å². The van der Waals surface area contributed by atoms with Crippen LogP contribution in [0.5, 0.6) is 0 Å². The van der Waals surface area contributed by atoms with Crippen molar-refractivity contribution in [1.29, 1.82) is 0 Å². The molecule has 0 saturated carbocycles. The summed E-state index contributed by atoms with van der Waals surface area (Å²) in [6.07, 6.45) is 2.32.